The molecule has 0 aromatic heterocycles. The fraction of sp³-hybridized carbons (Fsp3) is 0.435. The Morgan fingerprint density at radius 2 is 1.65 bits per heavy atom. The molecular weight excluding hydrogens is 416 g/mol. The van der Waals surface area contributed by atoms with Gasteiger partial charge in [0.25, 0.3) is 5.91 Å². The van der Waals surface area contributed by atoms with E-state index in [9.17, 15) is 13.2 Å². The molecule has 8 heteroatoms. The van der Waals surface area contributed by atoms with E-state index in [-0.39, 0.29) is 5.91 Å². The highest BCUT2D eigenvalue weighted by atomic mass is 32.2. The summed E-state index contributed by atoms with van der Waals surface area (Å²) < 4.78 is 38.4. The summed E-state index contributed by atoms with van der Waals surface area (Å²) in [5, 5.41) is 0. The van der Waals surface area contributed by atoms with Crippen molar-refractivity contribution < 1.29 is 22.7 Å². The van der Waals surface area contributed by atoms with E-state index < -0.39 is 16.1 Å². The minimum absolute atomic E-state index is 0.146. The number of hydrogen-bond acceptors (Lipinski definition) is 5. The number of sulfonamides is 1. The van der Waals surface area contributed by atoms with Crippen LogP contribution in [0.15, 0.2) is 47.4 Å². The van der Waals surface area contributed by atoms with Gasteiger partial charge in [-0.15, -0.1) is 0 Å². The predicted molar refractivity (Wildman–Crippen MR) is 118 cm³/mol. The summed E-state index contributed by atoms with van der Waals surface area (Å²) in [6, 6.07) is 12.2. The molecule has 166 valence electrons. The lowest BCUT2D eigenvalue weighted by molar-refractivity contribution is -0.124. The number of rotatable bonds is 6. The van der Waals surface area contributed by atoms with Gasteiger partial charge >= 0.3 is 0 Å². The fourth-order valence-electron chi connectivity index (χ4n) is 4.17. The second kappa shape index (κ2) is 8.88. The molecule has 2 heterocycles. The van der Waals surface area contributed by atoms with Crippen LogP contribution >= 0.6 is 0 Å². The van der Waals surface area contributed by atoms with Gasteiger partial charge in [-0.05, 0) is 80.6 Å². The largest absolute Gasteiger partial charge is 0.497 e. The van der Waals surface area contributed by atoms with Gasteiger partial charge in [0.1, 0.15) is 11.5 Å². The second-order valence-electron chi connectivity index (χ2n) is 7.93. The Kier molecular flexibility index (Phi) is 6.20. The highest BCUT2D eigenvalue weighted by Gasteiger charge is 2.31. The van der Waals surface area contributed by atoms with Crippen LogP contribution in [0, 0.1) is 0 Å². The SMILES string of the molecule is COc1ccc(O[C@H](C)C(=O)N2CCCc3cc(S(=O)(=O)N4CCCC4)ccc32)cc1. The third kappa shape index (κ3) is 4.41. The summed E-state index contributed by atoms with van der Waals surface area (Å²) in [5.41, 5.74) is 1.65. The summed E-state index contributed by atoms with van der Waals surface area (Å²) in [6.45, 7) is 3.46. The maximum atomic E-state index is 13.1. The molecule has 0 bridgehead atoms. The van der Waals surface area contributed by atoms with Crippen LogP contribution < -0.4 is 14.4 Å². The molecule has 2 aliphatic heterocycles. The number of carbonyl (C=O) groups is 1. The van der Waals surface area contributed by atoms with Crippen molar-refractivity contribution >= 4 is 21.6 Å². The summed E-state index contributed by atoms with van der Waals surface area (Å²) in [7, 11) is -1.88. The molecule has 1 saturated heterocycles. The van der Waals surface area contributed by atoms with Crippen LogP contribution in [-0.2, 0) is 21.2 Å². The van der Waals surface area contributed by atoms with Crippen molar-refractivity contribution in [1.82, 2.24) is 4.31 Å². The molecular formula is C23H28N2O5S. The minimum atomic E-state index is -3.48. The molecule has 0 N–H and O–H groups in total. The third-order valence-corrected chi connectivity index (χ3v) is 7.75. The molecule has 0 aliphatic carbocycles. The van der Waals surface area contributed by atoms with Crippen LogP contribution in [0.2, 0.25) is 0 Å². The van der Waals surface area contributed by atoms with Gasteiger partial charge in [0.15, 0.2) is 6.10 Å². The molecule has 4 rings (SSSR count). The molecule has 2 aromatic carbocycles. The van der Waals surface area contributed by atoms with Crippen LogP contribution in [0.5, 0.6) is 11.5 Å². The fourth-order valence-corrected chi connectivity index (χ4v) is 5.74. The van der Waals surface area contributed by atoms with E-state index in [1.54, 1.807) is 65.7 Å². The molecule has 2 aliphatic rings. The summed E-state index contributed by atoms with van der Waals surface area (Å²) in [5.74, 6) is 1.16. The number of hydrogen-bond donors (Lipinski definition) is 0. The van der Waals surface area contributed by atoms with Gasteiger partial charge in [0.05, 0.1) is 12.0 Å². The Morgan fingerprint density at radius 3 is 2.32 bits per heavy atom. The molecule has 0 radical (unpaired) electrons. The number of benzene rings is 2. The van der Waals surface area contributed by atoms with Crippen LogP contribution in [0.1, 0.15) is 31.7 Å². The Hall–Kier alpha value is -2.58. The van der Waals surface area contributed by atoms with Crippen molar-refractivity contribution in [2.75, 3.05) is 31.6 Å². The van der Waals surface area contributed by atoms with E-state index in [0.29, 0.717) is 30.3 Å². The first-order valence-electron chi connectivity index (χ1n) is 10.7. The Balaban J connectivity index is 1.52. The van der Waals surface area contributed by atoms with Crippen molar-refractivity contribution in [3.8, 4) is 11.5 Å². The van der Waals surface area contributed by atoms with Crippen LogP contribution in [0.25, 0.3) is 0 Å². The van der Waals surface area contributed by atoms with Crippen molar-refractivity contribution in [1.29, 1.82) is 0 Å². The topological polar surface area (TPSA) is 76.1 Å². The first kappa shape index (κ1) is 21.6. The van der Waals surface area contributed by atoms with Crippen LogP contribution in [0.4, 0.5) is 5.69 Å². The van der Waals surface area contributed by atoms with Crippen LogP contribution in [0.3, 0.4) is 0 Å². The zero-order valence-corrected chi connectivity index (χ0v) is 18.7. The predicted octanol–water partition coefficient (Wildman–Crippen LogP) is 3.23. The zero-order valence-electron chi connectivity index (χ0n) is 17.9. The van der Waals surface area contributed by atoms with Gasteiger partial charge in [-0.3, -0.25) is 4.79 Å². The van der Waals surface area contributed by atoms with Gasteiger partial charge in [-0.25, -0.2) is 8.42 Å². The lowest BCUT2D eigenvalue weighted by Gasteiger charge is -2.32. The van der Waals surface area contributed by atoms with Crippen molar-refractivity contribution in [3.63, 3.8) is 0 Å². The van der Waals surface area contributed by atoms with Gasteiger partial charge in [-0.2, -0.15) is 4.31 Å². The number of methoxy groups -OCH3 is 1. The summed E-state index contributed by atoms with van der Waals surface area (Å²) >= 11 is 0. The lowest BCUT2D eigenvalue weighted by Crippen LogP contribution is -2.43. The van der Waals surface area contributed by atoms with E-state index in [1.165, 1.54) is 0 Å². The molecule has 1 amide bonds. The number of ether oxygens (including phenoxy) is 2. The zero-order chi connectivity index (χ0) is 22.0. The van der Waals surface area contributed by atoms with E-state index in [4.69, 9.17) is 9.47 Å². The smallest absolute Gasteiger partial charge is 0.267 e. The number of nitrogens with zero attached hydrogens (tertiary/aromatic N) is 2. The summed E-state index contributed by atoms with van der Waals surface area (Å²) in [4.78, 5) is 15.1. The Bertz CT molecular complexity index is 1050. The number of amides is 1. The molecule has 31 heavy (non-hydrogen) atoms. The number of anilines is 1. The van der Waals surface area contributed by atoms with Gasteiger partial charge in [0, 0.05) is 25.3 Å². The maximum Gasteiger partial charge on any atom is 0.267 e. The van der Waals surface area contributed by atoms with E-state index in [2.05, 4.69) is 0 Å². The van der Waals surface area contributed by atoms with E-state index >= 15 is 0 Å². The van der Waals surface area contributed by atoms with Crippen molar-refractivity contribution in [2.45, 2.75) is 43.6 Å². The maximum absolute atomic E-state index is 13.1. The molecule has 2 aromatic rings. The number of carbonyl (C=O) groups excluding carboxylic acids is 1. The second-order valence-corrected chi connectivity index (χ2v) is 9.87. The Labute approximate surface area is 183 Å². The molecule has 0 spiro atoms. The standard InChI is InChI=1S/C23H28N2O5S/c1-17(30-20-9-7-19(29-2)8-10-20)23(26)25-15-5-6-18-16-21(11-12-22(18)25)31(27,28)24-13-3-4-14-24/h7-12,16-17H,3-6,13-15H2,1-2H3/t17-/m1/s1. The first-order valence-corrected chi connectivity index (χ1v) is 12.1. The lowest BCUT2D eigenvalue weighted by atomic mass is 10.0. The average Bonchev–Trinajstić information content (AvgIpc) is 3.34. The highest BCUT2D eigenvalue weighted by molar-refractivity contribution is 7.89. The monoisotopic (exact) mass is 444 g/mol. The van der Waals surface area contributed by atoms with E-state index in [1.807, 2.05) is 0 Å². The minimum Gasteiger partial charge on any atom is -0.497 e. The summed E-state index contributed by atoms with van der Waals surface area (Å²) in [6.07, 6.45) is 2.65. The third-order valence-electron chi connectivity index (χ3n) is 5.86. The van der Waals surface area contributed by atoms with Crippen molar-refractivity contribution in [3.05, 3.63) is 48.0 Å². The highest BCUT2D eigenvalue weighted by Crippen LogP contribution is 2.32. The van der Waals surface area contributed by atoms with Gasteiger partial charge in [0.2, 0.25) is 10.0 Å². The molecule has 0 saturated carbocycles. The molecule has 7 nitrogen and oxygen atoms in total. The number of aryl methyl sites for hydroxylation is 1. The number of fused-ring (bicyclic) bond motifs is 1. The Morgan fingerprint density at radius 1 is 0.968 bits per heavy atom. The van der Waals surface area contributed by atoms with Crippen LogP contribution in [-0.4, -0.2) is 51.5 Å². The molecule has 0 unspecified atom stereocenters. The first-order chi connectivity index (χ1) is 14.9. The van der Waals surface area contributed by atoms with Gasteiger partial charge in [-0.1, -0.05) is 0 Å². The van der Waals surface area contributed by atoms with E-state index in [0.717, 1.165) is 42.7 Å². The normalized spacial score (nSPS) is 17.8. The van der Waals surface area contributed by atoms with Crippen molar-refractivity contribution in [2.24, 2.45) is 0 Å². The van der Waals surface area contributed by atoms with Gasteiger partial charge < -0.3 is 14.4 Å². The molecule has 1 atom stereocenters. The average molecular weight is 445 g/mol. The molecule has 1 fully saturated rings. The quantitative estimate of drug-likeness (QED) is 0.684.